The predicted molar refractivity (Wildman–Crippen MR) is 72.2 cm³/mol. The van der Waals surface area contributed by atoms with Gasteiger partial charge in [-0.05, 0) is 64.3 Å². The topological polar surface area (TPSA) is 15.3 Å². The minimum atomic E-state index is 0.804. The van der Waals surface area contributed by atoms with Gasteiger partial charge in [0.25, 0.3) is 0 Å². The van der Waals surface area contributed by atoms with E-state index in [1.165, 1.54) is 64.5 Å². The van der Waals surface area contributed by atoms with Gasteiger partial charge in [0.15, 0.2) is 0 Å². The molecule has 2 nitrogen and oxygen atoms in total. The number of hydrogen-bond donors (Lipinski definition) is 1. The Kier molecular flexibility index (Phi) is 3.72. The van der Waals surface area contributed by atoms with Crippen LogP contribution in [0.3, 0.4) is 0 Å². The minimum Gasteiger partial charge on any atom is -0.314 e. The zero-order valence-corrected chi connectivity index (χ0v) is 11.3. The van der Waals surface area contributed by atoms with Gasteiger partial charge in [-0.25, -0.2) is 0 Å². The normalized spacial score (nSPS) is 31.8. The van der Waals surface area contributed by atoms with Crippen LogP contribution in [0.1, 0.15) is 58.3 Å². The second kappa shape index (κ2) is 5.27. The van der Waals surface area contributed by atoms with Crippen LogP contribution in [0.5, 0.6) is 0 Å². The predicted octanol–water partition coefficient (Wildman–Crippen LogP) is 2.78. The summed E-state index contributed by atoms with van der Waals surface area (Å²) in [6.45, 7) is 5.12. The molecular weight excluding hydrogens is 208 g/mol. The van der Waals surface area contributed by atoms with Gasteiger partial charge in [-0.15, -0.1) is 0 Å². The highest BCUT2D eigenvalue weighted by Crippen LogP contribution is 2.36. The van der Waals surface area contributed by atoms with E-state index in [2.05, 4.69) is 17.1 Å². The second-order valence-corrected chi connectivity index (χ2v) is 6.60. The summed E-state index contributed by atoms with van der Waals surface area (Å²) in [6.07, 6.45) is 11.5. The number of hydrogen-bond acceptors (Lipinski definition) is 2. The lowest BCUT2D eigenvalue weighted by molar-refractivity contribution is 0.163. The van der Waals surface area contributed by atoms with Crippen LogP contribution in [-0.4, -0.2) is 36.1 Å². The molecule has 2 saturated carbocycles. The van der Waals surface area contributed by atoms with Crippen LogP contribution < -0.4 is 5.32 Å². The molecule has 98 valence electrons. The molecule has 1 aliphatic heterocycles. The van der Waals surface area contributed by atoms with Gasteiger partial charge in [0.2, 0.25) is 0 Å². The molecule has 3 rings (SSSR count). The van der Waals surface area contributed by atoms with E-state index in [0.29, 0.717) is 0 Å². The van der Waals surface area contributed by atoms with E-state index in [-0.39, 0.29) is 0 Å². The Morgan fingerprint density at radius 3 is 2.53 bits per heavy atom. The first-order chi connectivity index (χ1) is 8.33. The molecule has 2 aliphatic carbocycles. The average Bonchev–Trinajstić information content (AvgIpc) is 3.20. The van der Waals surface area contributed by atoms with E-state index in [1.54, 1.807) is 0 Å². The summed E-state index contributed by atoms with van der Waals surface area (Å²) >= 11 is 0. The number of rotatable bonds is 6. The minimum absolute atomic E-state index is 0.804. The number of nitrogens with zero attached hydrogens (tertiary/aromatic N) is 1. The second-order valence-electron chi connectivity index (χ2n) is 6.60. The van der Waals surface area contributed by atoms with Crippen molar-refractivity contribution in [3.8, 4) is 0 Å². The van der Waals surface area contributed by atoms with Crippen molar-refractivity contribution in [1.82, 2.24) is 10.2 Å². The van der Waals surface area contributed by atoms with Crippen LogP contribution in [0.2, 0.25) is 0 Å². The van der Waals surface area contributed by atoms with Crippen LogP contribution in [0.4, 0.5) is 0 Å². The van der Waals surface area contributed by atoms with E-state index in [1.807, 2.05) is 0 Å². The molecule has 0 aromatic heterocycles. The van der Waals surface area contributed by atoms with Crippen molar-refractivity contribution in [3.63, 3.8) is 0 Å². The Morgan fingerprint density at radius 1 is 1.12 bits per heavy atom. The Bertz CT molecular complexity index is 239. The average molecular weight is 236 g/mol. The van der Waals surface area contributed by atoms with E-state index in [4.69, 9.17) is 0 Å². The third-order valence-corrected chi connectivity index (χ3v) is 4.79. The summed E-state index contributed by atoms with van der Waals surface area (Å²) in [5, 5.41) is 3.71. The fourth-order valence-electron chi connectivity index (χ4n) is 3.37. The molecule has 1 heterocycles. The highest BCUT2D eigenvalue weighted by Gasteiger charge is 2.36. The lowest BCUT2D eigenvalue weighted by Crippen LogP contribution is -2.43. The fourth-order valence-corrected chi connectivity index (χ4v) is 3.37. The molecule has 0 aromatic carbocycles. The van der Waals surface area contributed by atoms with E-state index in [0.717, 1.165) is 24.0 Å². The monoisotopic (exact) mass is 236 g/mol. The molecule has 0 radical (unpaired) electrons. The van der Waals surface area contributed by atoms with Crippen molar-refractivity contribution in [3.05, 3.63) is 0 Å². The van der Waals surface area contributed by atoms with Crippen molar-refractivity contribution in [2.45, 2.75) is 76.4 Å². The third kappa shape index (κ3) is 3.45. The summed E-state index contributed by atoms with van der Waals surface area (Å²) in [7, 11) is 0. The Labute approximate surface area is 106 Å². The van der Waals surface area contributed by atoms with E-state index >= 15 is 0 Å². The molecule has 2 heteroatoms. The van der Waals surface area contributed by atoms with Gasteiger partial charge in [0.05, 0.1) is 0 Å². The molecule has 0 aromatic rings. The SMILES string of the molecule is CC(CC1CCCCN1)N(CC1CC1)C1CC1. The standard InChI is InChI=1S/C15H28N2/c1-12(10-14-4-2-3-9-16-14)17(15-7-8-15)11-13-5-6-13/h12-16H,2-11H2,1H3. The summed E-state index contributed by atoms with van der Waals surface area (Å²) < 4.78 is 0. The lowest BCUT2D eigenvalue weighted by Gasteiger charge is -2.33. The van der Waals surface area contributed by atoms with Crippen molar-refractivity contribution in [2.75, 3.05) is 13.1 Å². The molecule has 1 N–H and O–H groups in total. The molecule has 0 bridgehead atoms. The quantitative estimate of drug-likeness (QED) is 0.763. The highest BCUT2D eigenvalue weighted by atomic mass is 15.2. The van der Waals surface area contributed by atoms with Crippen molar-refractivity contribution < 1.29 is 0 Å². The lowest BCUT2D eigenvalue weighted by atomic mass is 9.98. The zero-order valence-electron chi connectivity index (χ0n) is 11.3. The molecule has 3 fully saturated rings. The summed E-state index contributed by atoms with van der Waals surface area (Å²) in [5.74, 6) is 1.05. The van der Waals surface area contributed by atoms with Crippen LogP contribution in [0.25, 0.3) is 0 Å². The van der Waals surface area contributed by atoms with Gasteiger partial charge in [-0.3, -0.25) is 4.90 Å². The summed E-state index contributed by atoms with van der Waals surface area (Å²) in [5.41, 5.74) is 0. The zero-order chi connectivity index (χ0) is 11.7. The van der Waals surface area contributed by atoms with Crippen LogP contribution in [-0.2, 0) is 0 Å². The van der Waals surface area contributed by atoms with Gasteiger partial charge in [0, 0.05) is 24.7 Å². The maximum atomic E-state index is 3.71. The first-order valence-electron chi connectivity index (χ1n) is 7.82. The molecule has 3 aliphatic rings. The van der Waals surface area contributed by atoms with Crippen molar-refractivity contribution in [1.29, 1.82) is 0 Å². The summed E-state index contributed by atoms with van der Waals surface area (Å²) in [4.78, 5) is 2.84. The first kappa shape index (κ1) is 12.0. The Morgan fingerprint density at radius 2 is 1.94 bits per heavy atom. The van der Waals surface area contributed by atoms with Crippen molar-refractivity contribution in [2.24, 2.45) is 5.92 Å². The smallest absolute Gasteiger partial charge is 0.00993 e. The summed E-state index contributed by atoms with van der Waals surface area (Å²) in [6, 6.07) is 2.56. The molecule has 2 atom stereocenters. The van der Waals surface area contributed by atoms with Gasteiger partial charge in [-0.1, -0.05) is 6.42 Å². The molecule has 17 heavy (non-hydrogen) atoms. The van der Waals surface area contributed by atoms with Gasteiger partial charge < -0.3 is 5.32 Å². The maximum absolute atomic E-state index is 3.71. The number of nitrogens with one attached hydrogen (secondary N) is 1. The number of piperidine rings is 1. The van der Waals surface area contributed by atoms with E-state index < -0.39 is 0 Å². The Hall–Kier alpha value is -0.0800. The molecule has 0 spiro atoms. The fraction of sp³-hybridized carbons (Fsp3) is 1.00. The van der Waals surface area contributed by atoms with Crippen LogP contribution >= 0.6 is 0 Å². The van der Waals surface area contributed by atoms with Crippen LogP contribution in [0.15, 0.2) is 0 Å². The first-order valence-corrected chi connectivity index (χ1v) is 7.82. The molecule has 2 unspecified atom stereocenters. The third-order valence-electron chi connectivity index (χ3n) is 4.79. The molecule has 1 saturated heterocycles. The largest absolute Gasteiger partial charge is 0.314 e. The van der Waals surface area contributed by atoms with Gasteiger partial charge >= 0.3 is 0 Å². The van der Waals surface area contributed by atoms with Crippen LogP contribution in [0, 0.1) is 5.92 Å². The Balaban J connectivity index is 1.48. The molecular formula is C15H28N2. The highest BCUT2D eigenvalue weighted by molar-refractivity contribution is 4.92. The van der Waals surface area contributed by atoms with Gasteiger partial charge in [-0.2, -0.15) is 0 Å². The maximum Gasteiger partial charge on any atom is 0.00993 e. The molecule has 0 amide bonds. The van der Waals surface area contributed by atoms with Gasteiger partial charge in [0.1, 0.15) is 0 Å². The van der Waals surface area contributed by atoms with E-state index in [9.17, 15) is 0 Å². The van der Waals surface area contributed by atoms with Crippen molar-refractivity contribution >= 4 is 0 Å².